The van der Waals surface area contributed by atoms with Crippen molar-refractivity contribution < 1.29 is 9.13 Å². The van der Waals surface area contributed by atoms with Crippen molar-refractivity contribution in [3.8, 4) is 5.75 Å². The molecule has 4 heteroatoms. The van der Waals surface area contributed by atoms with Gasteiger partial charge in [-0.3, -0.25) is 4.90 Å². The van der Waals surface area contributed by atoms with Gasteiger partial charge >= 0.3 is 0 Å². The fourth-order valence-electron chi connectivity index (χ4n) is 4.06. The molecule has 1 heterocycles. The van der Waals surface area contributed by atoms with Gasteiger partial charge in [0.25, 0.3) is 0 Å². The van der Waals surface area contributed by atoms with E-state index in [9.17, 15) is 4.39 Å². The maximum Gasteiger partial charge on any atom is 0.165 e. The van der Waals surface area contributed by atoms with Crippen LogP contribution in [-0.4, -0.2) is 38.2 Å². The monoisotopic (exact) mass is 306 g/mol. The number of halogens is 1. The first kappa shape index (κ1) is 15.8. The molecule has 2 fully saturated rings. The highest BCUT2D eigenvalue weighted by Gasteiger charge is 2.31. The number of nitrogens with zero attached hydrogens (tertiary/aromatic N) is 1. The first-order chi connectivity index (χ1) is 10.8. The van der Waals surface area contributed by atoms with Crippen molar-refractivity contribution in [2.75, 3.05) is 33.3 Å². The minimum Gasteiger partial charge on any atom is -0.494 e. The Kier molecular flexibility index (Phi) is 5.32. The lowest BCUT2D eigenvalue weighted by Gasteiger charge is -2.41. The van der Waals surface area contributed by atoms with Gasteiger partial charge in [0, 0.05) is 32.2 Å². The van der Waals surface area contributed by atoms with E-state index in [2.05, 4.69) is 16.3 Å². The van der Waals surface area contributed by atoms with Crippen LogP contribution in [0.2, 0.25) is 0 Å². The highest BCUT2D eigenvalue weighted by atomic mass is 19.1. The van der Waals surface area contributed by atoms with Crippen molar-refractivity contribution in [2.24, 2.45) is 5.92 Å². The summed E-state index contributed by atoms with van der Waals surface area (Å²) in [5, 5.41) is 3.42. The predicted molar refractivity (Wildman–Crippen MR) is 86.7 cm³/mol. The van der Waals surface area contributed by atoms with Crippen molar-refractivity contribution in [3.05, 3.63) is 29.6 Å². The molecular weight excluding hydrogens is 279 g/mol. The van der Waals surface area contributed by atoms with Crippen LogP contribution in [-0.2, 0) is 0 Å². The molecule has 0 bridgehead atoms. The van der Waals surface area contributed by atoms with Gasteiger partial charge in [-0.1, -0.05) is 25.3 Å². The second-order valence-electron chi connectivity index (χ2n) is 6.52. The van der Waals surface area contributed by atoms with Crippen LogP contribution in [0.25, 0.3) is 0 Å². The smallest absolute Gasteiger partial charge is 0.165 e. The third-order valence-corrected chi connectivity index (χ3v) is 5.16. The van der Waals surface area contributed by atoms with Gasteiger partial charge in [-0.2, -0.15) is 0 Å². The van der Waals surface area contributed by atoms with Crippen LogP contribution < -0.4 is 10.1 Å². The van der Waals surface area contributed by atoms with Crippen LogP contribution in [0.5, 0.6) is 5.75 Å². The molecule has 2 aliphatic rings. The van der Waals surface area contributed by atoms with E-state index in [0.29, 0.717) is 17.7 Å². The number of piperazine rings is 1. The minimum atomic E-state index is -0.240. The summed E-state index contributed by atoms with van der Waals surface area (Å²) in [4.78, 5) is 2.55. The van der Waals surface area contributed by atoms with Crippen LogP contribution in [0, 0.1) is 11.7 Å². The Balaban J connectivity index is 1.87. The topological polar surface area (TPSA) is 24.5 Å². The number of methoxy groups -OCH3 is 1. The lowest BCUT2D eigenvalue weighted by atomic mass is 9.80. The molecule has 3 nitrogen and oxygen atoms in total. The Hall–Kier alpha value is -1.13. The Morgan fingerprint density at radius 2 is 1.91 bits per heavy atom. The molecule has 3 rings (SSSR count). The van der Waals surface area contributed by atoms with Gasteiger partial charge in [-0.15, -0.1) is 0 Å². The number of rotatable bonds is 4. The molecule has 1 N–H and O–H groups in total. The van der Waals surface area contributed by atoms with E-state index >= 15 is 0 Å². The molecule has 1 saturated carbocycles. The van der Waals surface area contributed by atoms with E-state index in [-0.39, 0.29) is 5.82 Å². The fraction of sp³-hybridized carbons (Fsp3) is 0.667. The van der Waals surface area contributed by atoms with Gasteiger partial charge in [-0.25, -0.2) is 4.39 Å². The summed E-state index contributed by atoms with van der Waals surface area (Å²) in [6, 6.07) is 5.88. The Morgan fingerprint density at radius 1 is 1.18 bits per heavy atom. The number of hydrogen-bond acceptors (Lipinski definition) is 3. The fourth-order valence-corrected chi connectivity index (χ4v) is 4.06. The van der Waals surface area contributed by atoms with Crippen LogP contribution in [0.15, 0.2) is 18.2 Å². The molecule has 0 spiro atoms. The Labute approximate surface area is 132 Å². The van der Waals surface area contributed by atoms with Crippen molar-refractivity contribution in [1.29, 1.82) is 0 Å². The van der Waals surface area contributed by atoms with Gasteiger partial charge < -0.3 is 10.1 Å². The van der Waals surface area contributed by atoms with E-state index in [1.165, 1.54) is 39.2 Å². The zero-order valence-electron chi connectivity index (χ0n) is 13.5. The van der Waals surface area contributed by atoms with Crippen LogP contribution in [0.3, 0.4) is 0 Å². The molecule has 122 valence electrons. The van der Waals surface area contributed by atoms with Gasteiger partial charge in [0.15, 0.2) is 11.6 Å². The van der Waals surface area contributed by atoms with E-state index in [1.54, 1.807) is 12.1 Å². The number of hydrogen-bond donors (Lipinski definition) is 1. The Morgan fingerprint density at radius 3 is 2.55 bits per heavy atom. The number of ether oxygens (including phenoxy) is 1. The molecule has 1 aromatic rings. The average molecular weight is 306 g/mol. The van der Waals surface area contributed by atoms with Gasteiger partial charge in [0.05, 0.1) is 7.11 Å². The van der Waals surface area contributed by atoms with E-state index in [4.69, 9.17) is 4.74 Å². The summed E-state index contributed by atoms with van der Waals surface area (Å²) in [6.07, 6.45) is 6.50. The summed E-state index contributed by atoms with van der Waals surface area (Å²) < 4.78 is 19.3. The first-order valence-corrected chi connectivity index (χ1v) is 8.58. The van der Waals surface area contributed by atoms with Gasteiger partial charge in [0.1, 0.15) is 0 Å². The predicted octanol–water partition coefficient (Wildman–Crippen LogP) is 3.36. The molecule has 1 saturated heterocycles. The summed E-state index contributed by atoms with van der Waals surface area (Å²) in [7, 11) is 1.52. The zero-order valence-corrected chi connectivity index (χ0v) is 13.5. The lowest BCUT2D eigenvalue weighted by Crippen LogP contribution is -2.47. The van der Waals surface area contributed by atoms with E-state index in [1.807, 2.05) is 0 Å². The van der Waals surface area contributed by atoms with Crippen molar-refractivity contribution >= 4 is 0 Å². The average Bonchev–Trinajstić information content (AvgIpc) is 2.57. The summed E-state index contributed by atoms with van der Waals surface area (Å²) in [6.45, 7) is 4.16. The maximum absolute atomic E-state index is 14.2. The maximum atomic E-state index is 14.2. The Bertz CT molecular complexity index is 464. The van der Waals surface area contributed by atoms with Crippen molar-refractivity contribution in [1.82, 2.24) is 10.2 Å². The third-order valence-electron chi connectivity index (χ3n) is 5.16. The highest BCUT2D eigenvalue weighted by Crippen LogP contribution is 2.39. The third kappa shape index (κ3) is 3.44. The van der Waals surface area contributed by atoms with Gasteiger partial charge in [-0.05, 0) is 36.5 Å². The number of benzene rings is 1. The molecule has 1 aliphatic heterocycles. The molecule has 22 heavy (non-hydrogen) atoms. The summed E-state index contributed by atoms with van der Waals surface area (Å²) in [5.74, 6) is 0.752. The molecule has 0 aromatic heterocycles. The summed E-state index contributed by atoms with van der Waals surface area (Å²) in [5.41, 5.74) is 1.12. The molecule has 1 aliphatic carbocycles. The lowest BCUT2D eigenvalue weighted by molar-refractivity contribution is 0.103. The largest absolute Gasteiger partial charge is 0.494 e. The molecule has 1 aromatic carbocycles. The van der Waals surface area contributed by atoms with Crippen molar-refractivity contribution in [2.45, 2.75) is 38.1 Å². The molecule has 0 radical (unpaired) electrons. The standard InChI is InChI=1S/C18H27FN2O/c1-22-17-8-7-15(13-16(17)19)18(14-5-3-2-4-6-14)21-11-9-20-10-12-21/h7-8,13-14,18,20H,2-6,9-12H2,1H3/t18-/m1/s1. The molecule has 0 unspecified atom stereocenters. The minimum absolute atomic E-state index is 0.240. The van der Waals surface area contributed by atoms with Crippen LogP contribution in [0.1, 0.15) is 43.7 Å². The second kappa shape index (κ2) is 7.42. The van der Waals surface area contributed by atoms with Crippen LogP contribution in [0.4, 0.5) is 4.39 Å². The molecular formula is C18H27FN2O. The van der Waals surface area contributed by atoms with Crippen LogP contribution >= 0.6 is 0 Å². The normalized spacial score (nSPS) is 22.5. The molecule has 0 amide bonds. The quantitative estimate of drug-likeness (QED) is 0.923. The van der Waals surface area contributed by atoms with Crippen molar-refractivity contribution in [3.63, 3.8) is 0 Å². The first-order valence-electron chi connectivity index (χ1n) is 8.58. The summed E-state index contributed by atoms with van der Waals surface area (Å²) >= 11 is 0. The van der Waals surface area contributed by atoms with Gasteiger partial charge in [0.2, 0.25) is 0 Å². The number of nitrogens with one attached hydrogen (secondary N) is 1. The van der Waals surface area contributed by atoms with E-state index < -0.39 is 0 Å². The SMILES string of the molecule is COc1ccc([C@@H](C2CCCCC2)N2CCNCC2)cc1F. The zero-order chi connectivity index (χ0) is 15.4. The molecule has 1 atom stereocenters. The second-order valence-corrected chi connectivity index (χ2v) is 6.52. The highest BCUT2D eigenvalue weighted by molar-refractivity contribution is 5.31. The van der Waals surface area contributed by atoms with E-state index in [0.717, 1.165) is 31.7 Å².